The molecule has 2 N–H and O–H groups in total. The van der Waals surface area contributed by atoms with Crippen LogP contribution in [-0.2, 0) is 0 Å². The van der Waals surface area contributed by atoms with E-state index in [9.17, 15) is 0 Å². The van der Waals surface area contributed by atoms with Crippen molar-refractivity contribution in [2.45, 2.75) is 44.2 Å². The summed E-state index contributed by atoms with van der Waals surface area (Å²) < 4.78 is 7.39. The molecule has 3 atom stereocenters. The molecule has 2 nitrogen and oxygen atoms in total. The third-order valence-corrected chi connectivity index (χ3v) is 4.88. The van der Waals surface area contributed by atoms with Crippen molar-refractivity contribution >= 4 is 15.9 Å². The molecule has 0 bridgehead atoms. The van der Waals surface area contributed by atoms with Crippen LogP contribution in [0.5, 0.6) is 5.75 Å². The SMILES string of the molecule is CC1CCCC12CC(N)c1cc(Br)ccc1O2. The normalized spacial score (nSPS) is 35.7. The van der Waals surface area contributed by atoms with E-state index >= 15 is 0 Å². The molecule has 1 fully saturated rings. The highest BCUT2D eigenvalue weighted by Crippen LogP contribution is 2.49. The van der Waals surface area contributed by atoms with Crippen molar-refractivity contribution < 1.29 is 4.74 Å². The Morgan fingerprint density at radius 1 is 1.47 bits per heavy atom. The third-order valence-electron chi connectivity index (χ3n) is 4.39. The zero-order valence-corrected chi connectivity index (χ0v) is 11.7. The highest BCUT2D eigenvalue weighted by Gasteiger charge is 2.46. The second-order valence-electron chi connectivity index (χ2n) is 5.45. The topological polar surface area (TPSA) is 35.2 Å². The molecule has 0 radical (unpaired) electrons. The Balaban J connectivity index is 2.01. The average Bonchev–Trinajstić information content (AvgIpc) is 2.62. The molecule has 0 saturated heterocycles. The van der Waals surface area contributed by atoms with Gasteiger partial charge in [0, 0.05) is 22.5 Å². The lowest BCUT2D eigenvalue weighted by molar-refractivity contribution is 0.00665. The molecule has 1 spiro atoms. The summed E-state index contributed by atoms with van der Waals surface area (Å²) in [5, 5.41) is 0. The van der Waals surface area contributed by atoms with Crippen LogP contribution in [0.4, 0.5) is 0 Å². The van der Waals surface area contributed by atoms with Gasteiger partial charge in [0.05, 0.1) is 0 Å². The van der Waals surface area contributed by atoms with E-state index in [1.165, 1.54) is 12.8 Å². The predicted molar refractivity (Wildman–Crippen MR) is 72.1 cm³/mol. The second kappa shape index (κ2) is 3.99. The van der Waals surface area contributed by atoms with Crippen LogP contribution in [0.3, 0.4) is 0 Å². The number of hydrogen-bond donors (Lipinski definition) is 1. The van der Waals surface area contributed by atoms with Gasteiger partial charge in [0.1, 0.15) is 11.4 Å². The first kappa shape index (κ1) is 11.5. The smallest absolute Gasteiger partial charge is 0.125 e. The maximum atomic E-state index is 6.33. The Bertz CT molecular complexity index is 448. The molecule has 92 valence electrons. The van der Waals surface area contributed by atoms with Gasteiger partial charge in [0.25, 0.3) is 0 Å². The Kier molecular flexibility index (Phi) is 2.71. The molecular formula is C14H18BrNO. The highest BCUT2D eigenvalue weighted by molar-refractivity contribution is 9.10. The summed E-state index contributed by atoms with van der Waals surface area (Å²) >= 11 is 3.49. The van der Waals surface area contributed by atoms with Crippen molar-refractivity contribution in [2.75, 3.05) is 0 Å². The molecule has 0 aromatic heterocycles. The molecule has 2 aliphatic rings. The molecule has 1 heterocycles. The van der Waals surface area contributed by atoms with Crippen molar-refractivity contribution in [3.05, 3.63) is 28.2 Å². The van der Waals surface area contributed by atoms with Gasteiger partial charge in [-0.25, -0.2) is 0 Å². The number of rotatable bonds is 0. The zero-order valence-electron chi connectivity index (χ0n) is 10.1. The van der Waals surface area contributed by atoms with Gasteiger partial charge in [0.2, 0.25) is 0 Å². The maximum absolute atomic E-state index is 6.33. The van der Waals surface area contributed by atoms with Gasteiger partial charge in [-0.15, -0.1) is 0 Å². The summed E-state index contributed by atoms with van der Waals surface area (Å²) in [6, 6.07) is 6.28. The highest BCUT2D eigenvalue weighted by atomic mass is 79.9. The van der Waals surface area contributed by atoms with Gasteiger partial charge in [-0.05, 0) is 43.4 Å². The fraction of sp³-hybridized carbons (Fsp3) is 0.571. The monoisotopic (exact) mass is 295 g/mol. The first-order chi connectivity index (χ1) is 8.11. The Morgan fingerprint density at radius 2 is 2.29 bits per heavy atom. The molecular weight excluding hydrogens is 278 g/mol. The first-order valence-corrected chi connectivity index (χ1v) is 7.14. The van der Waals surface area contributed by atoms with Gasteiger partial charge < -0.3 is 10.5 Å². The minimum atomic E-state index is 0.000244. The summed E-state index contributed by atoms with van der Waals surface area (Å²) in [5.41, 5.74) is 7.47. The van der Waals surface area contributed by atoms with E-state index in [4.69, 9.17) is 10.5 Å². The van der Waals surface area contributed by atoms with Crippen molar-refractivity contribution in [2.24, 2.45) is 11.7 Å². The number of halogens is 1. The molecule has 1 aromatic rings. The van der Waals surface area contributed by atoms with Crippen LogP contribution >= 0.6 is 15.9 Å². The van der Waals surface area contributed by atoms with Crippen LogP contribution in [-0.4, -0.2) is 5.60 Å². The number of fused-ring (bicyclic) bond motifs is 1. The summed E-state index contributed by atoms with van der Waals surface area (Å²) in [7, 11) is 0. The molecule has 1 aliphatic carbocycles. The Morgan fingerprint density at radius 3 is 3.00 bits per heavy atom. The van der Waals surface area contributed by atoms with Crippen LogP contribution in [0.2, 0.25) is 0 Å². The van der Waals surface area contributed by atoms with Crippen molar-refractivity contribution in [3.63, 3.8) is 0 Å². The minimum Gasteiger partial charge on any atom is -0.487 e. The molecule has 17 heavy (non-hydrogen) atoms. The van der Waals surface area contributed by atoms with Crippen LogP contribution in [0.1, 0.15) is 44.2 Å². The summed E-state index contributed by atoms with van der Waals surface area (Å²) in [5.74, 6) is 1.60. The number of ether oxygens (including phenoxy) is 1. The first-order valence-electron chi connectivity index (χ1n) is 6.35. The molecule has 3 heteroatoms. The lowest BCUT2D eigenvalue weighted by Crippen LogP contribution is -2.44. The van der Waals surface area contributed by atoms with Crippen LogP contribution in [0.15, 0.2) is 22.7 Å². The van der Waals surface area contributed by atoms with E-state index in [0.29, 0.717) is 5.92 Å². The van der Waals surface area contributed by atoms with Crippen molar-refractivity contribution in [1.29, 1.82) is 0 Å². The third kappa shape index (κ3) is 1.80. The number of nitrogens with two attached hydrogens (primary N) is 1. The Hall–Kier alpha value is -0.540. The van der Waals surface area contributed by atoms with Gasteiger partial charge in [-0.3, -0.25) is 0 Å². The lowest BCUT2D eigenvalue weighted by atomic mass is 9.81. The van der Waals surface area contributed by atoms with E-state index in [2.05, 4.69) is 28.9 Å². The number of hydrogen-bond acceptors (Lipinski definition) is 2. The summed E-state index contributed by atoms with van der Waals surface area (Å²) in [4.78, 5) is 0. The lowest BCUT2D eigenvalue weighted by Gasteiger charge is -2.41. The van der Waals surface area contributed by atoms with Gasteiger partial charge in [0.15, 0.2) is 0 Å². The van der Waals surface area contributed by atoms with Crippen LogP contribution in [0.25, 0.3) is 0 Å². The minimum absolute atomic E-state index is 0.000244. The fourth-order valence-corrected chi connectivity index (χ4v) is 3.70. The van der Waals surface area contributed by atoms with E-state index in [1.54, 1.807) is 0 Å². The quantitative estimate of drug-likeness (QED) is 0.790. The molecule has 1 saturated carbocycles. The second-order valence-corrected chi connectivity index (χ2v) is 6.37. The average molecular weight is 296 g/mol. The largest absolute Gasteiger partial charge is 0.487 e. The molecule has 1 aromatic carbocycles. The van der Waals surface area contributed by atoms with Gasteiger partial charge in [-0.2, -0.15) is 0 Å². The summed E-state index contributed by atoms with van der Waals surface area (Å²) in [6.45, 7) is 2.30. The summed E-state index contributed by atoms with van der Waals surface area (Å²) in [6.07, 6.45) is 4.63. The zero-order chi connectivity index (χ0) is 12.0. The molecule has 3 unspecified atom stereocenters. The molecule has 0 amide bonds. The van der Waals surface area contributed by atoms with Crippen molar-refractivity contribution in [3.8, 4) is 5.75 Å². The molecule has 1 aliphatic heterocycles. The van der Waals surface area contributed by atoms with E-state index in [1.807, 2.05) is 12.1 Å². The van der Waals surface area contributed by atoms with Crippen LogP contribution in [0, 0.1) is 5.92 Å². The van der Waals surface area contributed by atoms with Crippen molar-refractivity contribution in [1.82, 2.24) is 0 Å². The van der Waals surface area contributed by atoms with Gasteiger partial charge >= 0.3 is 0 Å². The predicted octanol–water partition coefficient (Wildman–Crippen LogP) is 3.79. The standard InChI is InChI=1S/C14H18BrNO/c1-9-3-2-6-14(9)8-12(16)11-7-10(15)4-5-13(11)17-14/h4-5,7,9,12H,2-3,6,8,16H2,1H3. The van der Waals surface area contributed by atoms with Crippen LogP contribution < -0.4 is 10.5 Å². The van der Waals surface area contributed by atoms with E-state index in [0.717, 1.165) is 28.6 Å². The van der Waals surface area contributed by atoms with E-state index < -0.39 is 0 Å². The van der Waals surface area contributed by atoms with E-state index in [-0.39, 0.29) is 11.6 Å². The number of benzene rings is 1. The molecule has 3 rings (SSSR count). The maximum Gasteiger partial charge on any atom is 0.125 e. The van der Waals surface area contributed by atoms with Gasteiger partial charge in [-0.1, -0.05) is 22.9 Å². The fourth-order valence-electron chi connectivity index (χ4n) is 3.32. The Labute approximate surface area is 111 Å².